The Kier molecular flexibility index (Phi) is 5.67. The minimum absolute atomic E-state index is 0.216. The fourth-order valence-corrected chi connectivity index (χ4v) is 2.10. The molecule has 0 spiro atoms. The van der Waals surface area contributed by atoms with Crippen molar-refractivity contribution in [3.63, 3.8) is 0 Å². The number of rotatable bonds is 6. The third kappa shape index (κ3) is 5.09. The first-order chi connectivity index (χ1) is 8.44. The third-order valence-electron chi connectivity index (χ3n) is 3.14. The topological polar surface area (TPSA) is 21.3 Å². The number of hydrogen-bond acceptors (Lipinski definition) is 2. The van der Waals surface area contributed by atoms with Crippen molar-refractivity contribution in [2.45, 2.75) is 52.0 Å². The van der Waals surface area contributed by atoms with E-state index in [9.17, 15) is 0 Å². The Morgan fingerprint density at radius 1 is 1.22 bits per heavy atom. The maximum atomic E-state index is 5.41. The van der Waals surface area contributed by atoms with Crippen LogP contribution in [0.3, 0.4) is 0 Å². The van der Waals surface area contributed by atoms with E-state index >= 15 is 0 Å². The van der Waals surface area contributed by atoms with Gasteiger partial charge in [0.15, 0.2) is 0 Å². The molecule has 0 unspecified atom stereocenters. The Labute approximate surface area is 112 Å². The second-order valence-electron chi connectivity index (χ2n) is 5.96. The maximum Gasteiger partial charge on any atom is 0.122 e. The van der Waals surface area contributed by atoms with Gasteiger partial charge in [-0.25, -0.2) is 0 Å². The lowest BCUT2D eigenvalue weighted by Crippen LogP contribution is -2.36. The molecule has 2 nitrogen and oxygen atoms in total. The first kappa shape index (κ1) is 15.0. The SMILES string of the molecule is COc1ccccc1[C@H](C)CCCNC(C)(C)C. The van der Waals surface area contributed by atoms with Crippen molar-refractivity contribution in [3.05, 3.63) is 29.8 Å². The molecule has 18 heavy (non-hydrogen) atoms. The van der Waals surface area contributed by atoms with Gasteiger partial charge in [-0.1, -0.05) is 25.1 Å². The summed E-state index contributed by atoms with van der Waals surface area (Å²) in [5.41, 5.74) is 1.53. The van der Waals surface area contributed by atoms with Gasteiger partial charge >= 0.3 is 0 Å². The minimum atomic E-state index is 0.216. The number of para-hydroxylation sites is 1. The van der Waals surface area contributed by atoms with Gasteiger partial charge in [0.25, 0.3) is 0 Å². The molecular formula is C16H27NO. The van der Waals surface area contributed by atoms with Gasteiger partial charge in [-0.2, -0.15) is 0 Å². The average molecular weight is 249 g/mol. The number of nitrogens with one attached hydrogen (secondary N) is 1. The molecular weight excluding hydrogens is 222 g/mol. The Morgan fingerprint density at radius 3 is 2.50 bits per heavy atom. The van der Waals surface area contributed by atoms with Crippen LogP contribution in [0.1, 0.15) is 52.0 Å². The van der Waals surface area contributed by atoms with Crippen LogP contribution >= 0.6 is 0 Å². The Bertz CT molecular complexity index is 354. The van der Waals surface area contributed by atoms with Crippen molar-refractivity contribution in [1.29, 1.82) is 0 Å². The lowest BCUT2D eigenvalue weighted by Gasteiger charge is -2.21. The smallest absolute Gasteiger partial charge is 0.122 e. The van der Waals surface area contributed by atoms with Crippen molar-refractivity contribution in [2.24, 2.45) is 0 Å². The van der Waals surface area contributed by atoms with Gasteiger partial charge in [-0.3, -0.25) is 0 Å². The molecule has 2 heteroatoms. The van der Waals surface area contributed by atoms with Crippen LogP contribution in [0, 0.1) is 0 Å². The van der Waals surface area contributed by atoms with Crippen molar-refractivity contribution >= 4 is 0 Å². The predicted octanol–water partition coefficient (Wildman–Crippen LogP) is 3.97. The zero-order valence-corrected chi connectivity index (χ0v) is 12.4. The summed E-state index contributed by atoms with van der Waals surface area (Å²) in [6.45, 7) is 9.96. The van der Waals surface area contributed by atoms with E-state index < -0.39 is 0 Å². The molecule has 0 heterocycles. The Morgan fingerprint density at radius 2 is 1.89 bits per heavy atom. The van der Waals surface area contributed by atoms with E-state index in [0.717, 1.165) is 12.3 Å². The van der Waals surface area contributed by atoms with Gasteiger partial charge in [0, 0.05) is 5.54 Å². The summed E-state index contributed by atoms with van der Waals surface area (Å²) in [6, 6.07) is 8.32. The molecule has 0 saturated heterocycles. The number of hydrogen-bond donors (Lipinski definition) is 1. The van der Waals surface area contributed by atoms with Crippen LogP contribution in [-0.2, 0) is 0 Å². The van der Waals surface area contributed by atoms with Gasteiger partial charge in [-0.05, 0) is 57.7 Å². The van der Waals surface area contributed by atoms with E-state index in [1.54, 1.807) is 7.11 Å². The molecule has 0 aliphatic carbocycles. The fraction of sp³-hybridized carbons (Fsp3) is 0.625. The van der Waals surface area contributed by atoms with E-state index in [1.807, 2.05) is 12.1 Å². The molecule has 0 amide bonds. The summed E-state index contributed by atoms with van der Waals surface area (Å²) in [5, 5.41) is 3.53. The van der Waals surface area contributed by atoms with Crippen LogP contribution in [0.25, 0.3) is 0 Å². The van der Waals surface area contributed by atoms with Crippen molar-refractivity contribution < 1.29 is 4.74 Å². The highest BCUT2D eigenvalue weighted by Gasteiger charge is 2.12. The van der Waals surface area contributed by atoms with Crippen molar-refractivity contribution in [2.75, 3.05) is 13.7 Å². The standard InChI is InChI=1S/C16H27NO/c1-13(9-8-12-17-16(2,3)4)14-10-6-7-11-15(14)18-5/h6-7,10-11,13,17H,8-9,12H2,1-5H3/t13-/m1/s1. The van der Waals surface area contributed by atoms with E-state index in [4.69, 9.17) is 4.74 Å². The first-order valence-corrected chi connectivity index (χ1v) is 6.82. The summed E-state index contributed by atoms with van der Waals surface area (Å²) in [5.74, 6) is 1.55. The van der Waals surface area contributed by atoms with Gasteiger partial charge < -0.3 is 10.1 Å². The number of ether oxygens (including phenoxy) is 1. The molecule has 0 saturated carbocycles. The number of methoxy groups -OCH3 is 1. The molecule has 1 aromatic carbocycles. The number of benzene rings is 1. The quantitative estimate of drug-likeness (QED) is 0.770. The molecule has 0 radical (unpaired) electrons. The monoisotopic (exact) mass is 249 g/mol. The summed E-state index contributed by atoms with van der Waals surface area (Å²) in [7, 11) is 1.74. The Balaban J connectivity index is 2.43. The molecule has 0 aromatic heterocycles. The third-order valence-corrected chi connectivity index (χ3v) is 3.14. The predicted molar refractivity (Wildman–Crippen MR) is 78.4 cm³/mol. The van der Waals surface area contributed by atoms with E-state index in [2.05, 4.69) is 45.1 Å². The van der Waals surface area contributed by atoms with Crippen LogP contribution in [0.5, 0.6) is 5.75 Å². The van der Waals surface area contributed by atoms with Crippen molar-refractivity contribution in [1.82, 2.24) is 5.32 Å². The highest BCUT2D eigenvalue weighted by Crippen LogP contribution is 2.28. The molecule has 0 aliphatic heterocycles. The maximum absolute atomic E-state index is 5.41. The zero-order valence-electron chi connectivity index (χ0n) is 12.4. The lowest BCUT2D eigenvalue weighted by atomic mass is 9.95. The van der Waals surface area contributed by atoms with Gasteiger partial charge in [0.05, 0.1) is 7.11 Å². The van der Waals surface area contributed by atoms with E-state index in [-0.39, 0.29) is 5.54 Å². The fourth-order valence-electron chi connectivity index (χ4n) is 2.10. The van der Waals surface area contributed by atoms with Gasteiger partial charge in [0.1, 0.15) is 5.75 Å². The second kappa shape index (κ2) is 6.79. The molecule has 0 bridgehead atoms. The first-order valence-electron chi connectivity index (χ1n) is 6.82. The summed E-state index contributed by atoms with van der Waals surface area (Å²) in [6.07, 6.45) is 2.37. The van der Waals surface area contributed by atoms with Crippen LogP contribution in [0.4, 0.5) is 0 Å². The largest absolute Gasteiger partial charge is 0.496 e. The van der Waals surface area contributed by atoms with Crippen molar-refractivity contribution in [3.8, 4) is 5.75 Å². The summed E-state index contributed by atoms with van der Waals surface area (Å²) < 4.78 is 5.41. The van der Waals surface area contributed by atoms with Crippen LogP contribution in [0.15, 0.2) is 24.3 Å². The highest BCUT2D eigenvalue weighted by atomic mass is 16.5. The summed E-state index contributed by atoms with van der Waals surface area (Å²) >= 11 is 0. The van der Waals surface area contributed by atoms with Crippen LogP contribution in [-0.4, -0.2) is 19.2 Å². The van der Waals surface area contributed by atoms with Crippen LogP contribution < -0.4 is 10.1 Å². The Hall–Kier alpha value is -1.02. The second-order valence-corrected chi connectivity index (χ2v) is 5.96. The molecule has 0 aliphatic rings. The molecule has 102 valence electrons. The molecule has 1 aromatic rings. The average Bonchev–Trinajstić information content (AvgIpc) is 2.33. The minimum Gasteiger partial charge on any atom is -0.496 e. The van der Waals surface area contributed by atoms with E-state index in [0.29, 0.717) is 5.92 Å². The molecule has 1 rings (SSSR count). The van der Waals surface area contributed by atoms with Gasteiger partial charge in [0.2, 0.25) is 0 Å². The lowest BCUT2D eigenvalue weighted by molar-refractivity contribution is 0.398. The zero-order chi connectivity index (χ0) is 13.6. The normalized spacial score (nSPS) is 13.4. The molecule has 0 fully saturated rings. The van der Waals surface area contributed by atoms with Gasteiger partial charge in [-0.15, -0.1) is 0 Å². The van der Waals surface area contributed by atoms with E-state index in [1.165, 1.54) is 18.4 Å². The molecule has 1 atom stereocenters. The summed E-state index contributed by atoms with van der Waals surface area (Å²) in [4.78, 5) is 0. The van der Waals surface area contributed by atoms with Crippen LogP contribution in [0.2, 0.25) is 0 Å². The highest BCUT2D eigenvalue weighted by molar-refractivity contribution is 5.35. The molecule has 1 N–H and O–H groups in total.